The fourth-order valence-electron chi connectivity index (χ4n) is 1.01. The van der Waals surface area contributed by atoms with E-state index in [0.717, 1.165) is 7.11 Å². The molecule has 9 heteroatoms. The minimum absolute atomic E-state index is 0.204. The molecule has 0 aromatic heterocycles. The maximum Gasteiger partial charge on any atom is 0.371 e. The molecule has 92 valence electrons. The molecule has 15 heavy (non-hydrogen) atoms. The Kier molecular flexibility index (Phi) is 5.15. The van der Waals surface area contributed by atoms with Gasteiger partial charge < -0.3 is 24.3 Å². The van der Waals surface area contributed by atoms with Crippen LogP contribution in [0.4, 0.5) is 0 Å². The molecule has 0 aliphatic rings. The van der Waals surface area contributed by atoms with Gasteiger partial charge in [0.15, 0.2) is 0 Å². The zero-order valence-electron chi connectivity index (χ0n) is 8.53. The lowest BCUT2D eigenvalue weighted by atomic mass is 10.3. The van der Waals surface area contributed by atoms with Crippen LogP contribution in [-0.2, 0) is 13.7 Å². The van der Waals surface area contributed by atoms with E-state index < -0.39 is 26.7 Å². The molecule has 0 aromatic rings. The monoisotopic (exact) mass is 262 g/mol. The number of rotatable bonds is 6. The highest BCUT2D eigenvalue weighted by Crippen LogP contribution is 2.71. The Balaban J connectivity index is 5.22. The summed E-state index contributed by atoms with van der Waals surface area (Å²) in [6, 6.07) is 0. The van der Waals surface area contributed by atoms with Crippen LogP contribution in [-0.4, -0.2) is 32.0 Å². The van der Waals surface area contributed by atoms with Crippen LogP contribution in [0.25, 0.3) is 0 Å². The standard InChI is InChI=1S/C6H16O7P2/c1-3-4-5-6(7,14(8,9)10)15(11,12)13-2/h7H,3-5H2,1-2H3,(H,11,12)(H2,8,9,10). The lowest BCUT2D eigenvalue weighted by molar-refractivity contribution is 0.114. The summed E-state index contributed by atoms with van der Waals surface area (Å²) in [5.74, 6) is 0. The highest BCUT2D eigenvalue weighted by Gasteiger charge is 2.59. The lowest BCUT2D eigenvalue weighted by Crippen LogP contribution is -2.29. The summed E-state index contributed by atoms with van der Waals surface area (Å²) in [7, 11) is -9.08. The molecule has 2 unspecified atom stereocenters. The molecule has 0 heterocycles. The van der Waals surface area contributed by atoms with Crippen LogP contribution in [0.2, 0.25) is 0 Å². The number of hydrogen-bond acceptors (Lipinski definition) is 4. The molecule has 0 rings (SSSR count). The van der Waals surface area contributed by atoms with Crippen LogP contribution in [0.5, 0.6) is 0 Å². The van der Waals surface area contributed by atoms with Gasteiger partial charge in [0.2, 0.25) is 0 Å². The maximum absolute atomic E-state index is 11.3. The summed E-state index contributed by atoms with van der Waals surface area (Å²) in [6.45, 7) is 1.72. The third kappa shape index (κ3) is 3.11. The molecular formula is C6H16O7P2. The van der Waals surface area contributed by atoms with E-state index in [1.165, 1.54) is 0 Å². The zero-order chi connectivity index (χ0) is 12.3. The second-order valence-electron chi connectivity index (χ2n) is 3.12. The molecule has 0 saturated heterocycles. The highest BCUT2D eigenvalue weighted by atomic mass is 31.2. The van der Waals surface area contributed by atoms with Gasteiger partial charge in [0, 0.05) is 7.11 Å². The van der Waals surface area contributed by atoms with Crippen LogP contribution in [0, 0.1) is 0 Å². The largest absolute Gasteiger partial charge is 0.371 e. The van der Waals surface area contributed by atoms with Gasteiger partial charge in [0.25, 0.3) is 5.08 Å². The molecular weight excluding hydrogens is 246 g/mol. The number of unbranched alkanes of at least 4 members (excludes halogenated alkanes) is 1. The Hall–Kier alpha value is 0.260. The van der Waals surface area contributed by atoms with E-state index in [0.29, 0.717) is 6.42 Å². The molecule has 2 atom stereocenters. The molecule has 0 aliphatic heterocycles. The number of hydrogen-bond donors (Lipinski definition) is 4. The van der Waals surface area contributed by atoms with Crippen LogP contribution in [0.1, 0.15) is 26.2 Å². The predicted octanol–water partition coefficient (Wildman–Crippen LogP) is 0.832. The van der Waals surface area contributed by atoms with Crippen molar-refractivity contribution in [3.8, 4) is 0 Å². The molecule has 0 aromatic carbocycles. The van der Waals surface area contributed by atoms with Crippen LogP contribution < -0.4 is 0 Å². The second-order valence-corrected chi connectivity index (χ2v) is 7.45. The van der Waals surface area contributed by atoms with Gasteiger partial charge >= 0.3 is 15.2 Å². The first-order chi connectivity index (χ1) is 6.62. The van der Waals surface area contributed by atoms with Gasteiger partial charge in [-0.2, -0.15) is 0 Å². The molecule has 0 spiro atoms. The van der Waals surface area contributed by atoms with Gasteiger partial charge in [-0.25, -0.2) is 0 Å². The Morgan fingerprint density at radius 3 is 2.00 bits per heavy atom. The van der Waals surface area contributed by atoms with Gasteiger partial charge in [0.05, 0.1) is 0 Å². The van der Waals surface area contributed by atoms with E-state index in [-0.39, 0.29) is 6.42 Å². The fourth-order valence-corrected chi connectivity index (χ4v) is 3.76. The summed E-state index contributed by atoms with van der Waals surface area (Å²) < 4.78 is 26.4. The minimum Gasteiger partial charge on any atom is -0.368 e. The molecule has 0 bridgehead atoms. The predicted molar refractivity (Wildman–Crippen MR) is 53.4 cm³/mol. The van der Waals surface area contributed by atoms with Crippen molar-refractivity contribution in [1.82, 2.24) is 0 Å². The summed E-state index contributed by atoms with van der Waals surface area (Å²) in [6.07, 6.45) is 0.233. The molecule has 4 N–H and O–H groups in total. The van der Waals surface area contributed by atoms with Gasteiger partial charge in [-0.3, -0.25) is 9.13 Å². The third-order valence-corrected chi connectivity index (χ3v) is 6.35. The first-order valence-corrected chi connectivity index (χ1v) is 7.48. The number of aliphatic hydroxyl groups is 1. The van der Waals surface area contributed by atoms with Crippen molar-refractivity contribution in [3.05, 3.63) is 0 Å². The van der Waals surface area contributed by atoms with E-state index in [9.17, 15) is 19.1 Å². The molecule has 7 nitrogen and oxygen atoms in total. The first kappa shape index (κ1) is 15.3. The summed E-state index contributed by atoms with van der Waals surface area (Å²) >= 11 is 0. The van der Waals surface area contributed by atoms with Crippen molar-refractivity contribution in [3.63, 3.8) is 0 Å². The van der Waals surface area contributed by atoms with Gasteiger partial charge in [0.1, 0.15) is 0 Å². The Morgan fingerprint density at radius 2 is 1.73 bits per heavy atom. The van der Waals surface area contributed by atoms with Crippen molar-refractivity contribution in [1.29, 1.82) is 0 Å². The van der Waals surface area contributed by atoms with E-state index in [1.807, 2.05) is 0 Å². The summed E-state index contributed by atoms with van der Waals surface area (Å²) in [5, 5.41) is 6.60. The average molecular weight is 262 g/mol. The van der Waals surface area contributed by atoms with E-state index in [4.69, 9.17) is 9.79 Å². The lowest BCUT2D eigenvalue weighted by Gasteiger charge is -2.30. The molecule has 0 radical (unpaired) electrons. The van der Waals surface area contributed by atoms with Crippen LogP contribution in [0.3, 0.4) is 0 Å². The van der Waals surface area contributed by atoms with Gasteiger partial charge in [-0.15, -0.1) is 0 Å². The van der Waals surface area contributed by atoms with Crippen LogP contribution >= 0.6 is 15.2 Å². The smallest absolute Gasteiger partial charge is 0.368 e. The molecule has 0 aliphatic carbocycles. The minimum atomic E-state index is -5.14. The molecule has 0 fully saturated rings. The highest BCUT2D eigenvalue weighted by molar-refractivity contribution is 7.72. The average Bonchev–Trinajstić information content (AvgIpc) is 2.12. The molecule has 0 saturated carbocycles. The van der Waals surface area contributed by atoms with Crippen molar-refractivity contribution < 1.29 is 33.4 Å². The second kappa shape index (κ2) is 5.06. The van der Waals surface area contributed by atoms with Gasteiger partial charge in [-0.05, 0) is 12.8 Å². The first-order valence-electron chi connectivity index (χ1n) is 4.29. The Bertz CT molecular complexity index is 298. The van der Waals surface area contributed by atoms with E-state index in [2.05, 4.69) is 4.52 Å². The van der Waals surface area contributed by atoms with E-state index in [1.54, 1.807) is 6.92 Å². The van der Waals surface area contributed by atoms with Crippen LogP contribution in [0.15, 0.2) is 0 Å². The normalized spacial score (nSPS) is 20.7. The SMILES string of the molecule is CCCCC(O)(P(=O)(O)O)P(=O)(O)OC. The quantitative estimate of drug-likeness (QED) is 0.522. The van der Waals surface area contributed by atoms with Crippen molar-refractivity contribution in [2.45, 2.75) is 31.3 Å². The Labute approximate surface area is 87.8 Å². The summed E-state index contributed by atoms with van der Waals surface area (Å²) in [5.41, 5.74) is 0. The fraction of sp³-hybridized carbons (Fsp3) is 1.00. The Morgan fingerprint density at radius 1 is 1.27 bits per heavy atom. The van der Waals surface area contributed by atoms with Gasteiger partial charge in [-0.1, -0.05) is 13.3 Å². The third-order valence-electron chi connectivity index (χ3n) is 2.03. The van der Waals surface area contributed by atoms with Crippen molar-refractivity contribution in [2.24, 2.45) is 0 Å². The zero-order valence-corrected chi connectivity index (χ0v) is 10.3. The topological polar surface area (TPSA) is 124 Å². The molecule has 0 amide bonds. The maximum atomic E-state index is 11.3. The summed E-state index contributed by atoms with van der Waals surface area (Å²) in [4.78, 5) is 27.0. The van der Waals surface area contributed by atoms with E-state index >= 15 is 0 Å². The van der Waals surface area contributed by atoms with Crippen molar-refractivity contribution >= 4 is 15.2 Å². The van der Waals surface area contributed by atoms with Crippen molar-refractivity contribution in [2.75, 3.05) is 7.11 Å².